The maximum Gasteiger partial charge on any atom is 0.121 e. The molecule has 5 heteroatoms. The van der Waals surface area contributed by atoms with Crippen LogP contribution in [0.4, 0.5) is 0 Å². The van der Waals surface area contributed by atoms with Gasteiger partial charge in [0.1, 0.15) is 5.75 Å². The fourth-order valence-electron chi connectivity index (χ4n) is 1.88. The fraction of sp³-hybridized carbons (Fsp3) is 0.200. The Morgan fingerprint density at radius 2 is 1.80 bits per heavy atom. The molecule has 0 fully saturated rings. The van der Waals surface area contributed by atoms with E-state index in [4.69, 9.17) is 34.8 Å². The lowest BCUT2D eigenvalue weighted by Gasteiger charge is -2.09. The molecule has 0 aromatic heterocycles. The lowest BCUT2D eigenvalue weighted by molar-refractivity contribution is 0.464. The van der Waals surface area contributed by atoms with E-state index in [1.165, 1.54) is 0 Å². The third kappa shape index (κ3) is 4.03. The highest BCUT2D eigenvalue weighted by atomic mass is 35.5. The van der Waals surface area contributed by atoms with Gasteiger partial charge in [-0.15, -0.1) is 0 Å². The molecule has 0 bridgehead atoms. The Hall–Kier alpha value is -0.930. The first kappa shape index (κ1) is 15.5. The topological polar surface area (TPSA) is 32.3 Å². The predicted molar refractivity (Wildman–Crippen MR) is 85.0 cm³/mol. The lowest BCUT2D eigenvalue weighted by Crippen LogP contribution is -2.17. The Balaban J connectivity index is 1.88. The van der Waals surface area contributed by atoms with Crippen molar-refractivity contribution in [2.75, 3.05) is 6.54 Å². The maximum absolute atomic E-state index is 9.72. The van der Waals surface area contributed by atoms with Crippen LogP contribution in [-0.2, 0) is 13.0 Å². The summed E-state index contributed by atoms with van der Waals surface area (Å²) in [6.45, 7) is 1.24. The molecule has 0 radical (unpaired) electrons. The highest BCUT2D eigenvalue weighted by molar-refractivity contribution is 6.35. The minimum atomic E-state index is 0.203. The van der Waals surface area contributed by atoms with Crippen LogP contribution in [0.25, 0.3) is 0 Å². The standard InChI is InChI=1S/C15H14Cl3NO/c16-11-5-4-10(14(18)8-11)6-7-19-9-12-13(17)2-1-3-15(12)20/h1-5,8,19-20H,6-7,9H2. The number of phenolic OH excluding ortho intramolecular Hbond substituents is 1. The number of halogens is 3. The molecule has 0 amide bonds. The summed E-state index contributed by atoms with van der Waals surface area (Å²) < 4.78 is 0. The zero-order valence-corrected chi connectivity index (χ0v) is 12.9. The summed E-state index contributed by atoms with van der Waals surface area (Å²) in [4.78, 5) is 0. The SMILES string of the molecule is Oc1cccc(Cl)c1CNCCc1ccc(Cl)cc1Cl. The van der Waals surface area contributed by atoms with E-state index < -0.39 is 0 Å². The molecule has 2 nitrogen and oxygen atoms in total. The van der Waals surface area contributed by atoms with Crippen molar-refractivity contribution in [3.8, 4) is 5.75 Å². The summed E-state index contributed by atoms with van der Waals surface area (Å²) in [7, 11) is 0. The minimum Gasteiger partial charge on any atom is -0.508 e. The van der Waals surface area contributed by atoms with E-state index in [0.29, 0.717) is 27.2 Å². The van der Waals surface area contributed by atoms with Gasteiger partial charge in [-0.25, -0.2) is 0 Å². The van der Waals surface area contributed by atoms with Crippen LogP contribution in [-0.4, -0.2) is 11.7 Å². The first-order valence-corrected chi connectivity index (χ1v) is 7.32. The van der Waals surface area contributed by atoms with Gasteiger partial charge in [-0.1, -0.05) is 46.9 Å². The Labute approximate surface area is 133 Å². The van der Waals surface area contributed by atoms with Gasteiger partial charge in [-0.3, -0.25) is 0 Å². The molecule has 2 rings (SSSR count). The molecule has 0 aliphatic carbocycles. The van der Waals surface area contributed by atoms with Crippen molar-refractivity contribution in [1.82, 2.24) is 5.32 Å². The quantitative estimate of drug-likeness (QED) is 0.780. The molecule has 20 heavy (non-hydrogen) atoms. The van der Waals surface area contributed by atoms with Crippen LogP contribution in [0.5, 0.6) is 5.75 Å². The number of hydrogen-bond donors (Lipinski definition) is 2. The highest BCUT2D eigenvalue weighted by Gasteiger charge is 2.06. The van der Waals surface area contributed by atoms with Crippen molar-refractivity contribution < 1.29 is 5.11 Å². The first-order chi connectivity index (χ1) is 9.58. The Kier molecular flexibility index (Phi) is 5.55. The van der Waals surface area contributed by atoms with E-state index >= 15 is 0 Å². The van der Waals surface area contributed by atoms with Crippen LogP contribution >= 0.6 is 34.8 Å². The summed E-state index contributed by atoms with van der Waals surface area (Å²) in [5.74, 6) is 0.203. The summed E-state index contributed by atoms with van der Waals surface area (Å²) >= 11 is 18.0. The van der Waals surface area contributed by atoms with Crippen molar-refractivity contribution in [3.63, 3.8) is 0 Å². The van der Waals surface area contributed by atoms with Gasteiger partial charge in [0.15, 0.2) is 0 Å². The smallest absolute Gasteiger partial charge is 0.121 e. The van der Waals surface area contributed by atoms with Gasteiger partial charge in [0.2, 0.25) is 0 Å². The summed E-state index contributed by atoms with van der Waals surface area (Å²) in [5.41, 5.74) is 1.74. The fourth-order valence-corrected chi connectivity index (χ4v) is 2.62. The molecule has 106 valence electrons. The van der Waals surface area contributed by atoms with Gasteiger partial charge >= 0.3 is 0 Å². The van der Waals surface area contributed by atoms with Crippen molar-refractivity contribution in [3.05, 3.63) is 62.6 Å². The predicted octanol–water partition coefficient (Wildman–Crippen LogP) is 4.68. The number of rotatable bonds is 5. The zero-order chi connectivity index (χ0) is 14.5. The number of hydrogen-bond acceptors (Lipinski definition) is 2. The van der Waals surface area contributed by atoms with Gasteiger partial charge in [-0.05, 0) is 42.8 Å². The molecule has 0 spiro atoms. The Morgan fingerprint density at radius 3 is 2.50 bits per heavy atom. The molecule has 0 atom stereocenters. The second-order valence-electron chi connectivity index (χ2n) is 4.40. The number of aromatic hydroxyl groups is 1. The normalized spacial score (nSPS) is 10.8. The monoisotopic (exact) mass is 329 g/mol. The average molecular weight is 331 g/mol. The largest absolute Gasteiger partial charge is 0.508 e. The molecule has 0 unspecified atom stereocenters. The number of benzene rings is 2. The van der Waals surface area contributed by atoms with E-state index in [1.54, 1.807) is 24.3 Å². The Bertz CT molecular complexity index is 581. The summed E-state index contributed by atoms with van der Waals surface area (Å²) in [6, 6.07) is 10.6. The molecule has 0 aliphatic rings. The average Bonchev–Trinajstić information content (AvgIpc) is 2.39. The molecular formula is C15H14Cl3NO. The molecule has 0 saturated carbocycles. The first-order valence-electron chi connectivity index (χ1n) is 6.19. The van der Waals surface area contributed by atoms with Gasteiger partial charge in [0, 0.05) is 27.2 Å². The second kappa shape index (κ2) is 7.19. The van der Waals surface area contributed by atoms with E-state index in [9.17, 15) is 5.11 Å². The lowest BCUT2D eigenvalue weighted by atomic mass is 10.1. The van der Waals surface area contributed by atoms with Crippen LogP contribution in [0.2, 0.25) is 15.1 Å². The van der Waals surface area contributed by atoms with Crippen molar-refractivity contribution in [1.29, 1.82) is 0 Å². The van der Waals surface area contributed by atoms with Crippen molar-refractivity contribution in [2.45, 2.75) is 13.0 Å². The zero-order valence-electron chi connectivity index (χ0n) is 10.7. The third-order valence-electron chi connectivity index (χ3n) is 2.98. The minimum absolute atomic E-state index is 0.203. The maximum atomic E-state index is 9.72. The van der Waals surface area contributed by atoms with Gasteiger partial charge in [0.25, 0.3) is 0 Å². The summed E-state index contributed by atoms with van der Waals surface area (Å²) in [6.07, 6.45) is 0.779. The molecule has 2 N–H and O–H groups in total. The molecule has 0 saturated heterocycles. The van der Waals surface area contributed by atoms with Crippen LogP contribution in [0.3, 0.4) is 0 Å². The molecule has 0 aliphatic heterocycles. The number of nitrogens with one attached hydrogen (secondary N) is 1. The van der Waals surface area contributed by atoms with E-state index in [1.807, 2.05) is 12.1 Å². The Morgan fingerprint density at radius 1 is 1.00 bits per heavy atom. The molecule has 2 aromatic rings. The van der Waals surface area contributed by atoms with Gasteiger partial charge < -0.3 is 10.4 Å². The van der Waals surface area contributed by atoms with Crippen LogP contribution in [0.15, 0.2) is 36.4 Å². The van der Waals surface area contributed by atoms with Crippen LogP contribution in [0, 0.1) is 0 Å². The van der Waals surface area contributed by atoms with Crippen LogP contribution in [0.1, 0.15) is 11.1 Å². The van der Waals surface area contributed by atoms with Crippen molar-refractivity contribution in [2.24, 2.45) is 0 Å². The van der Waals surface area contributed by atoms with E-state index in [0.717, 1.165) is 18.5 Å². The number of phenols is 1. The summed E-state index contributed by atoms with van der Waals surface area (Å²) in [5, 5.41) is 14.8. The van der Waals surface area contributed by atoms with E-state index in [-0.39, 0.29) is 5.75 Å². The van der Waals surface area contributed by atoms with Gasteiger partial charge in [0.05, 0.1) is 0 Å². The molecule has 2 aromatic carbocycles. The molecular weight excluding hydrogens is 317 g/mol. The second-order valence-corrected chi connectivity index (χ2v) is 5.65. The molecule has 0 heterocycles. The van der Waals surface area contributed by atoms with Crippen molar-refractivity contribution >= 4 is 34.8 Å². The third-order valence-corrected chi connectivity index (χ3v) is 3.92. The van der Waals surface area contributed by atoms with Gasteiger partial charge in [-0.2, -0.15) is 0 Å². The van der Waals surface area contributed by atoms with Crippen LogP contribution < -0.4 is 5.32 Å². The highest BCUT2D eigenvalue weighted by Crippen LogP contribution is 2.25. The van der Waals surface area contributed by atoms with E-state index in [2.05, 4.69) is 5.32 Å².